The van der Waals surface area contributed by atoms with E-state index in [-0.39, 0.29) is 13.0 Å². The van der Waals surface area contributed by atoms with Gasteiger partial charge in [0.15, 0.2) is 0 Å². The van der Waals surface area contributed by atoms with E-state index in [1.54, 1.807) is 4.90 Å². The Morgan fingerprint density at radius 3 is 2.60 bits per heavy atom. The molecule has 0 aliphatic carbocycles. The molecular weight excluding hydrogens is 136 g/mol. The number of hydrogen-bond donors (Lipinski definition) is 0. The molecule has 10 heavy (non-hydrogen) atoms. The lowest BCUT2D eigenvalue weighted by molar-refractivity contribution is 0.0124. The zero-order valence-electron chi connectivity index (χ0n) is 5.95. The number of rotatable bonds is 2. The van der Waals surface area contributed by atoms with Crippen molar-refractivity contribution in [3.05, 3.63) is 6.92 Å². The number of hydrogen-bond acceptors (Lipinski definition) is 1. The van der Waals surface area contributed by atoms with Gasteiger partial charge in [0, 0.05) is 13.0 Å². The summed E-state index contributed by atoms with van der Waals surface area (Å²) in [4.78, 5) is 1.76. The van der Waals surface area contributed by atoms with Crippen LogP contribution in [-0.2, 0) is 0 Å². The summed E-state index contributed by atoms with van der Waals surface area (Å²) in [6, 6.07) is 0. The highest BCUT2D eigenvalue weighted by Crippen LogP contribution is 2.26. The minimum atomic E-state index is -2.44. The standard InChI is InChI=1S/C7H12F2N/c1-2-4-10-5-3-7(8,9)6-10/h1-6H2. The van der Waals surface area contributed by atoms with Crippen molar-refractivity contribution in [3.8, 4) is 0 Å². The van der Waals surface area contributed by atoms with E-state index in [4.69, 9.17) is 0 Å². The minimum Gasteiger partial charge on any atom is -0.297 e. The summed E-state index contributed by atoms with van der Waals surface area (Å²) < 4.78 is 24.9. The van der Waals surface area contributed by atoms with E-state index >= 15 is 0 Å². The molecule has 1 fully saturated rings. The molecule has 0 N–H and O–H groups in total. The Labute approximate surface area is 60.0 Å². The van der Waals surface area contributed by atoms with Gasteiger partial charge in [-0.15, -0.1) is 0 Å². The largest absolute Gasteiger partial charge is 0.297 e. The fraction of sp³-hybridized carbons (Fsp3) is 0.857. The summed E-state index contributed by atoms with van der Waals surface area (Å²) >= 11 is 0. The first kappa shape index (κ1) is 7.92. The van der Waals surface area contributed by atoms with Gasteiger partial charge in [0.1, 0.15) is 0 Å². The van der Waals surface area contributed by atoms with E-state index < -0.39 is 5.92 Å². The van der Waals surface area contributed by atoms with E-state index in [9.17, 15) is 8.78 Å². The van der Waals surface area contributed by atoms with Gasteiger partial charge in [-0.25, -0.2) is 8.78 Å². The highest BCUT2D eigenvalue weighted by Gasteiger charge is 2.37. The lowest BCUT2D eigenvalue weighted by atomic mass is 10.3. The van der Waals surface area contributed by atoms with E-state index in [0.717, 1.165) is 6.42 Å². The lowest BCUT2D eigenvalue weighted by Crippen LogP contribution is -2.25. The molecule has 0 aromatic heterocycles. The normalized spacial score (nSPS) is 25.5. The summed E-state index contributed by atoms with van der Waals surface area (Å²) in [5, 5.41) is 0. The predicted molar refractivity (Wildman–Crippen MR) is 36.0 cm³/mol. The van der Waals surface area contributed by atoms with Crippen molar-refractivity contribution in [2.24, 2.45) is 0 Å². The second kappa shape index (κ2) is 2.82. The molecule has 0 unspecified atom stereocenters. The van der Waals surface area contributed by atoms with Crippen molar-refractivity contribution < 1.29 is 8.78 Å². The topological polar surface area (TPSA) is 3.24 Å². The molecule has 1 saturated heterocycles. The van der Waals surface area contributed by atoms with Gasteiger partial charge >= 0.3 is 0 Å². The smallest absolute Gasteiger partial charge is 0.261 e. The maximum absolute atomic E-state index is 12.5. The molecule has 1 rings (SSSR count). The molecule has 0 saturated carbocycles. The second-order valence-electron chi connectivity index (χ2n) is 2.74. The Bertz CT molecular complexity index is 114. The summed E-state index contributed by atoms with van der Waals surface area (Å²) in [7, 11) is 0. The zero-order chi connectivity index (χ0) is 7.61. The summed E-state index contributed by atoms with van der Waals surface area (Å²) in [5.74, 6) is -2.44. The molecule has 1 aliphatic rings. The number of likely N-dealkylation sites (tertiary alicyclic amines) is 1. The van der Waals surface area contributed by atoms with Crippen LogP contribution >= 0.6 is 0 Å². The third-order valence-corrected chi connectivity index (χ3v) is 1.72. The quantitative estimate of drug-likeness (QED) is 0.574. The Morgan fingerprint density at radius 2 is 2.20 bits per heavy atom. The first-order chi connectivity index (χ1) is 4.64. The molecule has 0 spiro atoms. The second-order valence-corrected chi connectivity index (χ2v) is 2.74. The zero-order valence-corrected chi connectivity index (χ0v) is 5.95. The van der Waals surface area contributed by atoms with Crippen LogP contribution in [-0.4, -0.2) is 30.5 Å². The van der Waals surface area contributed by atoms with E-state index in [1.807, 2.05) is 0 Å². The van der Waals surface area contributed by atoms with Crippen LogP contribution in [0.15, 0.2) is 0 Å². The van der Waals surface area contributed by atoms with Gasteiger partial charge in [-0.1, -0.05) is 6.92 Å². The van der Waals surface area contributed by atoms with Crippen LogP contribution in [0.25, 0.3) is 0 Å². The van der Waals surface area contributed by atoms with E-state index in [2.05, 4.69) is 6.92 Å². The molecule has 0 amide bonds. The average molecular weight is 148 g/mol. The van der Waals surface area contributed by atoms with Crippen LogP contribution in [0.3, 0.4) is 0 Å². The van der Waals surface area contributed by atoms with Crippen molar-refractivity contribution in [1.29, 1.82) is 0 Å². The highest BCUT2D eigenvalue weighted by atomic mass is 19.3. The first-order valence-corrected chi connectivity index (χ1v) is 3.53. The third kappa shape index (κ3) is 1.90. The predicted octanol–water partition coefficient (Wildman–Crippen LogP) is 1.55. The molecule has 1 nitrogen and oxygen atoms in total. The number of halogens is 2. The minimum absolute atomic E-state index is 0.0208. The maximum Gasteiger partial charge on any atom is 0.261 e. The Kier molecular flexibility index (Phi) is 2.24. The summed E-state index contributed by atoms with van der Waals surface area (Å²) in [5.41, 5.74) is 0. The molecule has 59 valence electrons. The molecule has 0 bridgehead atoms. The third-order valence-electron chi connectivity index (χ3n) is 1.72. The van der Waals surface area contributed by atoms with Crippen LogP contribution in [0, 0.1) is 6.92 Å². The fourth-order valence-corrected chi connectivity index (χ4v) is 1.22. The van der Waals surface area contributed by atoms with Gasteiger partial charge in [0.25, 0.3) is 5.92 Å². The molecular formula is C7H12F2N. The molecule has 0 aromatic rings. The van der Waals surface area contributed by atoms with Gasteiger partial charge < -0.3 is 0 Å². The van der Waals surface area contributed by atoms with Gasteiger partial charge in [0.05, 0.1) is 6.54 Å². The van der Waals surface area contributed by atoms with Crippen LogP contribution in [0.4, 0.5) is 8.78 Å². The lowest BCUT2D eigenvalue weighted by Gasteiger charge is -2.13. The fourth-order valence-electron chi connectivity index (χ4n) is 1.22. The number of nitrogens with zero attached hydrogens (tertiary/aromatic N) is 1. The molecule has 0 aromatic carbocycles. The van der Waals surface area contributed by atoms with E-state index in [1.165, 1.54) is 0 Å². The summed E-state index contributed by atoms with van der Waals surface area (Å²) in [6.45, 7) is 4.78. The van der Waals surface area contributed by atoms with Crippen LogP contribution < -0.4 is 0 Å². The molecule has 3 heteroatoms. The van der Waals surface area contributed by atoms with Gasteiger partial charge in [-0.3, -0.25) is 4.90 Å². The van der Waals surface area contributed by atoms with Gasteiger partial charge in [-0.05, 0) is 13.0 Å². The van der Waals surface area contributed by atoms with Crippen molar-refractivity contribution in [2.75, 3.05) is 19.6 Å². The van der Waals surface area contributed by atoms with Crippen LogP contribution in [0.1, 0.15) is 12.8 Å². The molecule has 0 atom stereocenters. The Balaban J connectivity index is 2.29. The Morgan fingerprint density at radius 1 is 1.50 bits per heavy atom. The molecule has 1 radical (unpaired) electrons. The summed E-state index contributed by atoms with van der Waals surface area (Å²) in [6.07, 6.45) is 0.739. The van der Waals surface area contributed by atoms with E-state index in [0.29, 0.717) is 13.1 Å². The Hall–Kier alpha value is -0.180. The maximum atomic E-state index is 12.5. The van der Waals surface area contributed by atoms with Crippen LogP contribution in [0.5, 0.6) is 0 Å². The highest BCUT2D eigenvalue weighted by molar-refractivity contribution is 4.81. The van der Waals surface area contributed by atoms with Gasteiger partial charge in [0.2, 0.25) is 0 Å². The monoisotopic (exact) mass is 148 g/mol. The molecule has 1 aliphatic heterocycles. The van der Waals surface area contributed by atoms with Crippen molar-refractivity contribution in [1.82, 2.24) is 4.90 Å². The first-order valence-electron chi connectivity index (χ1n) is 3.53. The molecule has 1 heterocycles. The van der Waals surface area contributed by atoms with Gasteiger partial charge in [-0.2, -0.15) is 0 Å². The SMILES string of the molecule is [CH2]CCN1CCC(F)(F)C1. The average Bonchev–Trinajstić information content (AvgIpc) is 2.12. The van der Waals surface area contributed by atoms with Crippen LogP contribution in [0.2, 0.25) is 0 Å². The van der Waals surface area contributed by atoms with Crippen molar-refractivity contribution in [2.45, 2.75) is 18.8 Å². The van der Waals surface area contributed by atoms with Crippen molar-refractivity contribution in [3.63, 3.8) is 0 Å². The number of alkyl halides is 2. The van der Waals surface area contributed by atoms with Crippen molar-refractivity contribution >= 4 is 0 Å².